The highest BCUT2D eigenvalue weighted by atomic mass is 16.5. The van der Waals surface area contributed by atoms with Crippen molar-refractivity contribution in [2.24, 2.45) is 0 Å². The van der Waals surface area contributed by atoms with Crippen LogP contribution in [0, 0.1) is 0 Å². The van der Waals surface area contributed by atoms with Crippen molar-refractivity contribution in [1.29, 1.82) is 0 Å². The molecule has 0 aromatic carbocycles. The van der Waals surface area contributed by atoms with Gasteiger partial charge in [0.25, 0.3) is 0 Å². The molecule has 1 aromatic heterocycles. The summed E-state index contributed by atoms with van der Waals surface area (Å²) in [5, 5.41) is 0. The summed E-state index contributed by atoms with van der Waals surface area (Å²) in [4.78, 5) is 8.60. The molecule has 0 aliphatic heterocycles. The molecule has 1 unspecified atom stereocenters. The van der Waals surface area contributed by atoms with Crippen LogP contribution in [0.2, 0.25) is 0 Å². The Morgan fingerprint density at radius 1 is 1.16 bits per heavy atom. The molecule has 0 saturated carbocycles. The molecule has 1 rings (SSSR count). The van der Waals surface area contributed by atoms with Gasteiger partial charge in [-0.05, 0) is 26.2 Å². The molecule has 2 N–H and O–H groups in total. The zero-order chi connectivity index (χ0) is 14.1. The Morgan fingerprint density at radius 2 is 1.95 bits per heavy atom. The first-order valence-corrected chi connectivity index (χ1v) is 7.45. The minimum absolute atomic E-state index is 0.181. The Morgan fingerprint density at radius 3 is 2.63 bits per heavy atom. The summed E-state index contributed by atoms with van der Waals surface area (Å²) in [5.41, 5.74) is 5.77. The average molecular weight is 265 g/mol. The van der Waals surface area contributed by atoms with Gasteiger partial charge < -0.3 is 10.5 Å². The molecule has 0 aliphatic carbocycles. The summed E-state index contributed by atoms with van der Waals surface area (Å²) >= 11 is 0. The number of hydrogen-bond donors (Lipinski definition) is 1. The molecule has 0 fully saturated rings. The summed E-state index contributed by atoms with van der Waals surface area (Å²) < 4.78 is 5.83. The monoisotopic (exact) mass is 265 g/mol. The number of aromatic nitrogens is 2. The fraction of sp³-hybridized carbons (Fsp3) is 0.733. The van der Waals surface area contributed by atoms with E-state index in [2.05, 4.69) is 30.7 Å². The van der Waals surface area contributed by atoms with Crippen LogP contribution in [0.5, 0.6) is 5.88 Å². The summed E-state index contributed by atoms with van der Waals surface area (Å²) in [5.74, 6) is 1.88. The third-order valence-electron chi connectivity index (χ3n) is 3.03. The van der Waals surface area contributed by atoms with Crippen LogP contribution in [-0.4, -0.2) is 16.1 Å². The van der Waals surface area contributed by atoms with Gasteiger partial charge in [0, 0.05) is 12.5 Å². The smallest absolute Gasteiger partial charge is 0.218 e. The molecule has 0 spiro atoms. The number of nitrogen functional groups attached to an aromatic ring is 1. The lowest BCUT2D eigenvalue weighted by atomic mass is 10.1. The molecule has 108 valence electrons. The lowest BCUT2D eigenvalue weighted by Crippen LogP contribution is -2.13. The zero-order valence-corrected chi connectivity index (χ0v) is 12.5. The number of rotatable bonds is 9. The summed E-state index contributed by atoms with van der Waals surface area (Å²) in [7, 11) is 0. The van der Waals surface area contributed by atoms with Crippen LogP contribution in [0.3, 0.4) is 0 Å². The van der Waals surface area contributed by atoms with E-state index in [0.29, 0.717) is 11.7 Å². The van der Waals surface area contributed by atoms with Crippen molar-refractivity contribution >= 4 is 5.82 Å². The van der Waals surface area contributed by atoms with Crippen LogP contribution >= 0.6 is 0 Å². The minimum atomic E-state index is 0.181. The van der Waals surface area contributed by atoms with E-state index in [1.807, 2.05) is 0 Å². The summed E-state index contributed by atoms with van der Waals surface area (Å²) in [6.45, 7) is 6.41. The lowest BCUT2D eigenvalue weighted by Gasteiger charge is -2.14. The second-order valence-electron chi connectivity index (χ2n) is 5.08. The molecule has 1 heterocycles. The van der Waals surface area contributed by atoms with Crippen LogP contribution in [0.25, 0.3) is 0 Å². The predicted octanol–water partition coefficient (Wildman–Crippen LogP) is 3.75. The van der Waals surface area contributed by atoms with Crippen LogP contribution in [0.1, 0.15) is 65.1 Å². The molecule has 0 radical (unpaired) electrons. The van der Waals surface area contributed by atoms with Crippen molar-refractivity contribution in [2.75, 3.05) is 5.73 Å². The maximum Gasteiger partial charge on any atom is 0.218 e. The van der Waals surface area contributed by atoms with E-state index in [1.54, 1.807) is 6.07 Å². The fourth-order valence-corrected chi connectivity index (χ4v) is 2.01. The third kappa shape index (κ3) is 6.41. The predicted molar refractivity (Wildman–Crippen MR) is 79.3 cm³/mol. The van der Waals surface area contributed by atoms with E-state index in [-0.39, 0.29) is 6.10 Å². The van der Waals surface area contributed by atoms with Crippen LogP contribution in [0.4, 0.5) is 5.82 Å². The highest BCUT2D eigenvalue weighted by molar-refractivity contribution is 5.32. The van der Waals surface area contributed by atoms with Crippen molar-refractivity contribution in [2.45, 2.75) is 71.8 Å². The number of nitrogens with two attached hydrogens (primary N) is 1. The quantitative estimate of drug-likeness (QED) is 0.691. The molecule has 19 heavy (non-hydrogen) atoms. The molecule has 1 aromatic rings. The minimum Gasteiger partial charge on any atom is -0.475 e. The maximum atomic E-state index is 5.83. The number of unbranched alkanes of at least 4 members (excludes halogenated alkanes) is 3. The highest BCUT2D eigenvalue weighted by Gasteiger charge is 2.08. The third-order valence-corrected chi connectivity index (χ3v) is 3.03. The Kier molecular flexibility index (Phi) is 7.23. The van der Waals surface area contributed by atoms with Crippen molar-refractivity contribution in [3.63, 3.8) is 0 Å². The Hall–Kier alpha value is -1.32. The Bertz CT molecular complexity index is 368. The van der Waals surface area contributed by atoms with Gasteiger partial charge in [-0.1, -0.05) is 33.1 Å². The molecular formula is C15H27N3O. The van der Waals surface area contributed by atoms with Crippen molar-refractivity contribution in [3.05, 3.63) is 11.9 Å². The SMILES string of the molecule is CCCCCCC(C)Oc1cc(N)nc(CCC)n1. The van der Waals surface area contributed by atoms with Gasteiger partial charge in [-0.15, -0.1) is 0 Å². The number of ether oxygens (including phenoxy) is 1. The second-order valence-corrected chi connectivity index (χ2v) is 5.08. The highest BCUT2D eigenvalue weighted by Crippen LogP contribution is 2.16. The molecule has 4 heteroatoms. The molecular weight excluding hydrogens is 238 g/mol. The van der Waals surface area contributed by atoms with E-state index in [1.165, 1.54) is 25.7 Å². The standard InChI is InChI=1S/C15H27N3O/c1-4-6-7-8-10-12(3)19-15-11-13(16)17-14(18-15)9-5-2/h11-12H,4-10H2,1-3H3,(H2,16,17,18). The summed E-state index contributed by atoms with van der Waals surface area (Å²) in [6, 6.07) is 1.71. The van der Waals surface area contributed by atoms with E-state index < -0.39 is 0 Å². The molecule has 0 aliphatic rings. The van der Waals surface area contributed by atoms with E-state index >= 15 is 0 Å². The molecule has 1 atom stereocenters. The first-order chi connectivity index (χ1) is 9.15. The summed E-state index contributed by atoms with van der Waals surface area (Å²) in [6.07, 6.45) is 8.13. The van der Waals surface area contributed by atoms with Gasteiger partial charge in [0.15, 0.2) is 0 Å². The van der Waals surface area contributed by atoms with Gasteiger partial charge in [0.05, 0.1) is 6.10 Å². The number of nitrogens with zero attached hydrogens (tertiary/aromatic N) is 2. The van der Waals surface area contributed by atoms with Crippen LogP contribution in [-0.2, 0) is 6.42 Å². The van der Waals surface area contributed by atoms with Gasteiger partial charge in [0.2, 0.25) is 5.88 Å². The number of anilines is 1. The van der Waals surface area contributed by atoms with Crippen LogP contribution in [0.15, 0.2) is 6.07 Å². The second kappa shape index (κ2) is 8.73. The van der Waals surface area contributed by atoms with E-state index in [0.717, 1.165) is 25.1 Å². The van der Waals surface area contributed by atoms with Crippen molar-refractivity contribution < 1.29 is 4.74 Å². The van der Waals surface area contributed by atoms with Crippen LogP contribution < -0.4 is 10.5 Å². The fourth-order valence-electron chi connectivity index (χ4n) is 2.01. The maximum absolute atomic E-state index is 5.83. The lowest BCUT2D eigenvalue weighted by molar-refractivity contribution is 0.197. The van der Waals surface area contributed by atoms with Crippen molar-refractivity contribution in [1.82, 2.24) is 9.97 Å². The van der Waals surface area contributed by atoms with Gasteiger partial charge in [-0.25, -0.2) is 4.98 Å². The molecule has 0 saturated heterocycles. The first-order valence-electron chi connectivity index (χ1n) is 7.45. The van der Waals surface area contributed by atoms with Crippen molar-refractivity contribution in [3.8, 4) is 5.88 Å². The van der Waals surface area contributed by atoms with Gasteiger partial charge in [-0.2, -0.15) is 4.98 Å². The molecule has 4 nitrogen and oxygen atoms in total. The zero-order valence-electron chi connectivity index (χ0n) is 12.5. The van der Waals surface area contributed by atoms with Gasteiger partial charge in [-0.3, -0.25) is 0 Å². The van der Waals surface area contributed by atoms with Gasteiger partial charge in [0.1, 0.15) is 11.6 Å². The van der Waals surface area contributed by atoms with E-state index in [9.17, 15) is 0 Å². The number of aryl methyl sites for hydroxylation is 1. The Labute approximate surface area is 116 Å². The Balaban J connectivity index is 2.46. The van der Waals surface area contributed by atoms with E-state index in [4.69, 9.17) is 10.5 Å². The average Bonchev–Trinajstić information content (AvgIpc) is 2.34. The van der Waals surface area contributed by atoms with Gasteiger partial charge >= 0.3 is 0 Å². The first kappa shape index (κ1) is 15.7. The normalized spacial score (nSPS) is 12.4. The molecule has 0 bridgehead atoms. The topological polar surface area (TPSA) is 61.0 Å². The number of hydrogen-bond acceptors (Lipinski definition) is 4. The largest absolute Gasteiger partial charge is 0.475 e. The molecule has 0 amide bonds.